The van der Waals surface area contributed by atoms with Gasteiger partial charge in [-0.2, -0.15) is 0 Å². The van der Waals surface area contributed by atoms with Gasteiger partial charge in [-0.15, -0.1) is 0 Å². The number of nitrogens with one attached hydrogen (secondary N) is 1. The third-order valence-electron chi connectivity index (χ3n) is 3.34. The molecule has 0 aromatic rings. The summed E-state index contributed by atoms with van der Waals surface area (Å²) < 4.78 is 5.02. The molecule has 0 aliphatic heterocycles. The van der Waals surface area contributed by atoms with E-state index in [1.165, 1.54) is 19.3 Å². The van der Waals surface area contributed by atoms with Gasteiger partial charge >= 0.3 is 0 Å². The molecule has 0 bridgehead atoms. The van der Waals surface area contributed by atoms with Crippen molar-refractivity contribution in [3.8, 4) is 0 Å². The molecule has 1 aliphatic carbocycles. The normalized spacial score (nSPS) is 34.8. The molecule has 0 aromatic carbocycles. The second-order valence-corrected chi connectivity index (χ2v) is 4.41. The zero-order chi connectivity index (χ0) is 9.68. The van der Waals surface area contributed by atoms with Crippen LogP contribution in [0, 0.1) is 11.8 Å². The third-order valence-corrected chi connectivity index (χ3v) is 3.34. The second kappa shape index (κ2) is 5.61. The summed E-state index contributed by atoms with van der Waals surface area (Å²) in [5, 5.41) is 3.55. The lowest BCUT2D eigenvalue weighted by Crippen LogP contribution is -2.37. The zero-order valence-electron chi connectivity index (χ0n) is 9.18. The van der Waals surface area contributed by atoms with Crippen molar-refractivity contribution in [1.29, 1.82) is 0 Å². The van der Waals surface area contributed by atoms with E-state index in [1.54, 1.807) is 7.11 Å². The molecule has 1 aliphatic rings. The van der Waals surface area contributed by atoms with Crippen LogP contribution in [-0.2, 0) is 4.74 Å². The topological polar surface area (TPSA) is 21.3 Å². The van der Waals surface area contributed by atoms with Crippen molar-refractivity contribution in [2.45, 2.75) is 39.2 Å². The van der Waals surface area contributed by atoms with Gasteiger partial charge < -0.3 is 10.1 Å². The average molecular weight is 185 g/mol. The van der Waals surface area contributed by atoms with Crippen LogP contribution in [-0.4, -0.2) is 26.3 Å². The standard InChI is InChI=1S/C11H23NO/c1-9-4-5-11(8-10(9)2)12-6-7-13-3/h9-12H,4-8H2,1-3H3/t9-,10+,11+/m0/s1. The highest BCUT2D eigenvalue weighted by Gasteiger charge is 2.23. The highest BCUT2D eigenvalue weighted by Crippen LogP contribution is 2.29. The Morgan fingerprint density at radius 1 is 1.23 bits per heavy atom. The van der Waals surface area contributed by atoms with E-state index in [9.17, 15) is 0 Å². The van der Waals surface area contributed by atoms with Crippen LogP contribution in [0.4, 0.5) is 0 Å². The molecule has 2 nitrogen and oxygen atoms in total. The molecule has 0 aromatic heterocycles. The van der Waals surface area contributed by atoms with Crippen molar-refractivity contribution in [2.75, 3.05) is 20.3 Å². The first-order chi connectivity index (χ1) is 6.24. The predicted molar refractivity (Wildman–Crippen MR) is 55.8 cm³/mol. The molecule has 13 heavy (non-hydrogen) atoms. The van der Waals surface area contributed by atoms with Crippen LogP contribution in [0.2, 0.25) is 0 Å². The molecular weight excluding hydrogens is 162 g/mol. The van der Waals surface area contributed by atoms with Crippen LogP contribution >= 0.6 is 0 Å². The van der Waals surface area contributed by atoms with Crippen LogP contribution in [0.3, 0.4) is 0 Å². The van der Waals surface area contributed by atoms with Crippen LogP contribution in [0.25, 0.3) is 0 Å². The average Bonchev–Trinajstić information content (AvgIpc) is 2.12. The Hall–Kier alpha value is -0.0800. The summed E-state index contributed by atoms with van der Waals surface area (Å²) in [6, 6.07) is 0.737. The number of hydrogen-bond acceptors (Lipinski definition) is 2. The first kappa shape index (κ1) is 11.0. The van der Waals surface area contributed by atoms with E-state index in [1.807, 2.05) is 0 Å². The van der Waals surface area contributed by atoms with Crippen LogP contribution in [0.5, 0.6) is 0 Å². The first-order valence-electron chi connectivity index (χ1n) is 5.46. The maximum atomic E-state index is 5.02. The van der Waals surface area contributed by atoms with Crippen molar-refractivity contribution in [2.24, 2.45) is 11.8 Å². The van der Waals surface area contributed by atoms with E-state index in [2.05, 4.69) is 19.2 Å². The first-order valence-corrected chi connectivity index (χ1v) is 5.46. The number of hydrogen-bond donors (Lipinski definition) is 1. The summed E-state index contributed by atoms with van der Waals surface area (Å²) in [6.07, 6.45) is 4.06. The lowest BCUT2D eigenvalue weighted by molar-refractivity contribution is 0.178. The molecule has 1 N–H and O–H groups in total. The van der Waals surface area contributed by atoms with Crippen molar-refractivity contribution in [1.82, 2.24) is 5.32 Å². The fraction of sp³-hybridized carbons (Fsp3) is 1.00. The molecule has 1 fully saturated rings. The highest BCUT2D eigenvalue weighted by atomic mass is 16.5. The van der Waals surface area contributed by atoms with Gasteiger partial charge in [0.1, 0.15) is 0 Å². The van der Waals surface area contributed by atoms with Crippen molar-refractivity contribution >= 4 is 0 Å². The van der Waals surface area contributed by atoms with Crippen LogP contribution in [0.1, 0.15) is 33.1 Å². The van der Waals surface area contributed by atoms with E-state index in [-0.39, 0.29) is 0 Å². The Balaban J connectivity index is 2.14. The molecule has 0 unspecified atom stereocenters. The molecular formula is C11H23NO. The minimum absolute atomic E-state index is 0.737. The maximum Gasteiger partial charge on any atom is 0.0587 e. The van der Waals surface area contributed by atoms with Gasteiger partial charge in [0.15, 0.2) is 0 Å². The summed E-state index contributed by atoms with van der Waals surface area (Å²) >= 11 is 0. The third kappa shape index (κ3) is 3.65. The molecule has 0 spiro atoms. The highest BCUT2D eigenvalue weighted by molar-refractivity contribution is 4.79. The van der Waals surface area contributed by atoms with Gasteiger partial charge in [0, 0.05) is 19.7 Å². The van der Waals surface area contributed by atoms with E-state index in [4.69, 9.17) is 4.74 Å². The van der Waals surface area contributed by atoms with E-state index in [0.717, 1.165) is 31.0 Å². The second-order valence-electron chi connectivity index (χ2n) is 4.41. The van der Waals surface area contributed by atoms with Crippen LogP contribution in [0.15, 0.2) is 0 Å². The van der Waals surface area contributed by atoms with Gasteiger partial charge in [0.05, 0.1) is 6.61 Å². The Bertz CT molecular complexity index is 138. The van der Waals surface area contributed by atoms with Gasteiger partial charge in [-0.25, -0.2) is 0 Å². The zero-order valence-corrected chi connectivity index (χ0v) is 9.18. The number of ether oxygens (including phenoxy) is 1. The summed E-state index contributed by atoms with van der Waals surface area (Å²) in [5.41, 5.74) is 0. The Kier molecular flexibility index (Phi) is 4.74. The van der Waals surface area contributed by atoms with Crippen molar-refractivity contribution in [3.05, 3.63) is 0 Å². The molecule has 2 heteroatoms. The molecule has 1 saturated carbocycles. The fourth-order valence-electron chi connectivity index (χ4n) is 2.10. The molecule has 0 saturated heterocycles. The van der Waals surface area contributed by atoms with Gasteiger partial charge in [-0.05, 0) is 31.1 Å². The lowest BCUT2D eigenvalue weighted by atomic mass is 9.79. The van der Waals surface area contributed by atoms with Crippen molar-refractivity contribution < 1.29 is 4.74 Å². The molecule has 3 atom stereocenters. The molecule has 0 heterocycles. The van der Waals surface area contributed by atoms with E-state index >= 15 is 0 Å². The summed E-state index contributed by atoms with van der Waals surface area (Å²) in [6.45, 7) is 6.58. The van der Waals surface area contributed by atoms with Gasteiger partial charge in [-0.1, -0.05) is 13.8 Å². The van der Waals surface area contributed by atoms with E-state index < -0.39 is 0 Å². The summed E-state index contributed by atoms with van der Waals surface area (Å²) in [4.78, 5) is 0. The van der Waals surface area contributed by atoms with E-state index in [0.29, 0.717) is 0 Å². The Morgan fingerprint density at radius 2 is 2.00 bits per heavy atom. The Morgan fingerprint density at radius 3 is 2.62 bits per heavy atom. The van der Waals surface area contributed by atoms with Gasteiger partial charge in [-0.3, -0.25) is 0 Å². The summed E-state index contributed by atoms with van der Waals surface area (Å²) in [5.74, 6) is 1.80. The monoisotopic (exact) mass is 185 g/mol. The molecule has 78 valence electrons. The number of methoxy groups -OCH3 is 1. The number of rotatable bonds is 4. The van der Waals surface area contributed by atoms with Crippen LogP contribution < -0.4 is 5.32 Å². The lowest BCUT2D eigenvalue weighted by Gasteiger charge is -2.32. The molecule has 0 radical (unpaired) electrons. The quantitative estimate of drug-likeness (QED) is 0.677. The predicted octanol–water partition coefficient (Wildman–Crippen LogP) is 2.05. The largest absolute Gasteiger partial charge is 0.383 e. The SMILES string of the molecule is COCCN[C@@H]1CC[C@H](C)[C@H](C)C1. The summed E-state index contributed by atoms with van der Waals surface area (Å²) in [7, 11) is 1.76. The van der Waals surface area contributed by atoms with Gasteiger partial charge in [0.25, 0.3) is 0 Å². The molecule has 0 amide bonds. The Labute approximate surface area is 82.0 Å². The van der Waals surface area contributed by atoms with Gasteiger partial charge in [0.2, 0.25) is 0 Å². The van der Waals surface area contributed by atoms with Crippen molar-refractivity contribution in [3.63, 3.8) is 0 Å². The fourth-order valence-corrected chi connectivity index (χ4v) is 2.10. The molecule has 1 rings (SSSR count). The minimum atomic E-state index is 0.737. The maximum absolute atomic E-state index is 5.02. The minimum Gasteiger partial charge on any atom is -0.383 e. The smallest absolute Gasteiger partial charge is 0.0587 e.